The quantitative estimate of drug-likeness (QED) is 0.750. The average molecular weight is 200 g/mol. The van der Waals surface area contributed by atoms with Crippen LogP contribution in [0.25, 0.3) is 0 Å². The first kappa shape index (κ1) is 10.0. The van der Waals surface area contributed by atoms with Crippen LogP contribution >= 0.6 is 0 Å². The number of benzene rings is 1. The molecule has 0 unspecified atom stereocenters. The number of anilines is 1. The van der Waals surface area contributed by atoms with E-state index < -0.39 is 0 Å². The zero-order valence-corrected chi connectivity index (χ0v) is 9.33. The van der Waals surface area contributed by atoms with Gasteiger partial charge in [0.2, 0.25) is 0 Å². The Labute approximate surface area is 91.1 Å². The van der Waals surface area contributed by atoms with Crippen LogP contribution in [0.1, 0.15) is 30.9 Å². The van der Waals surface area contributed by atoms with E-state index in [2.05, 4.69) is 30.0 Å². The summed E-state index contributed by atoms with van der Waals surface area (Å²) >= 11 is 0. The fraction of sp³-hybridized carbons (Fsp3) is 0.462. The van der Waals surface area contributed by atoms with Crippen molar-refractivity contribution in [2.24, 2.45) is 0 Å². The van der Waals surface area contributed by atoms with Crippen LogP contribution in [0.3, 0.4) is 0 Å². The number of hydrogen-bond donors (Lipinski definition) is 0. The van der Waals surface area contributed by atoms with Gasteiger partial charge < -0.3 is 4.90 Å². The summed E-state index contributed by atoms with van der Waals surface area (Å²) in [4.78, 5) is 2.35. The molecule has 15 heavy (non-hydrogen) atoms. The second-order valence-electron chi connectivity index (χ2n) is 4.15. The molecule has 0 heterocycles. The highest BCUT2D eigenvalue weighted by atomic mass is 15.2. The Balaban J connectivity index is 2.37. The van der Waals surface area contributed by atoms with Gasteiger partial charge >= 0.3 is 0 Å². The first-order chi connectivity index (χ1) is 7.26. The molecule has 0 amide bonds. The van der Waals surface area contributed by atoms with Crippen LogP contribution in [0.4, 0.5) is 5.69 Å². The van der Waals surface area contributed by atoms with Crippen molar-refractivity contribution in [3.8, 4) is 6.07 Å². The van der Waals surface area contributed by atoms with Gasteiger partial charge in [0.1, 0.15) is 6.07 Å². The summed E-state index contributed by atoms with van der Waals surface area (Å²) in [7, 11) is 0. The molecule has 2 rings (SSSR count). The second-order valence-corrected chi connectivity index (χ2v) is 4.15. The van der Waals surface area contributed by atoms with Crippen molar-refractivity contribution in [3.63, 3.8) is 0 Å². The van der Waals surface area contributed by atoms with Crippen LogP contribution in [0.15, 0.2) is 18.2 Å². The molecule has 1 aromatic carbocycles. The smallest absolute Gasteiger partial charge is 0.101 e. The van der Waals surface area contributed by atoms with Crippen molar-refractivity contribution < 1.29 is 0 Å². The Morgan fingerprint density at radius 3 is 2.73 bits per heavy atom. The molecule has 0 aromatic heterocycles. The van der Waals surface area contributed by atoms with Crippen molar-refractivity contribution >= 4 is 5.69 Å². The molecule has 0 radical (unpaired) electrons. The number of nitriles is 1. The lowest BCUT2D eigenvalue weighted by Crippen LogP contribution is -2.25. The van der Waals surface area contributed by atoms with E-state index in [0.29, 0.717) is 6.04 Å². The molecular formula is C13H16N2. The highest BCUT2D eigenvalue weighted by molar-refractivity contribution is 5.61. The van der Waals surface area contributed by atoms with E-state index in [1.54, 1.807) is 0 Å². The van der Waals surface area contributed by atoms with Crippen LogP contribution in [0.5, 0.6) is 0 Å². The maximum atomic E-state index is 9.11. The van der Waals surface area contributed by atoms with Crippen molar-refractivity contribution in [2.45, 2.75) is 32.7 Å². The third kappa shape index (κ3) is 1.97. The minimum Gasteiger partial charge on any atom is -0.368 e. The molecule has 1 saturated carbocycles. The summed E-state index contributed by atoms with van der Waals surface area (Å²) in [6.45, 7) is 5.17. The van der Waals surface area contributed by atoms with Crippen LogP contribution in [0, 0.1) is 18.3 Å². The monoisotopic (exact) mass is 200 g/mol. The first-order valence-corrected chi connectivity index (χ1v) is 5.53. The number of nitrogens with zero attached hydrogens (tertiary/aromatic N) is 2. The van der Waals surface area contributed by atoms with Gasteiger partial charge in [-0.15, -0.1) is 0 Å². The predicted molar refractivity (Wildman–Crippen MR) is 61.9 cm³/mol. The second kappa shape index (κ2) is 3.94. The molecule has 0 bridgehead atoms. The molecule has 0 aliphatic heterocycles. The van der Waals surface area contributed by atoms with Gasteiger partial charge in [0.25, 0.3) is 0 Å². The van der Waals surface area contributed by atoms with E-state index in [1.807, 2.05) is 13.0 Å². The topological polar surface area (TPSA) is 27.0 Å². The maximum Gasteiger partial charge on any atom is 0.101 e. The van der Waals surface area contributed by atoms with Gasteiger partial charge in [-0.1, -0.05) is 6.07 Å². The Kier molecular flexibility index (Phi) is 2.64. The summed E-state index contributed by atoms with van der Waals surface area (Å²) in [5.74, 6) is 0. The molecule has 1 aliphatic carbocycles. The van der Waals surface area contributed by atoms with Crippen molar-refractivity contribution in [2.75, 3.05) is 11.4 Å². The van der Waals surface area contributed by atoms with Crippen molar-refractivity contribution in [3.05, 3.63) is 29.3 Å². The number of aryl methyl sites for hydroxylation is 1. The molecule has 0 atom stereocenters. The van der Waals surface area contributed by atoms with E-state index >= 15 is 0 Å². The molecule has 0 saturated heterocycles. The SMILES string of the molecule is CCN(c1ccc(C)cc1C#N)C1CC1. The minimum atomic E-state index is 0.671. The zero-order valence-electron chi connectivity index (χ0n) is 9.33. The molecule has 78 valence electrons. The van der Waals surface area contributed by atoms with Gasteiger partial charge in [0, 0.05) is 12.6 Å². The van der Waals surface area contributed by atoms with E-state index in [0.717, 1.165) is 23.4 Å². The summed E-state index contributed by atoms with van der Waals surface area (Å²) in [5, 5.41) is 9.11. The van der Waals surface area contributed by atoms with Gasteiger partial charge in [-0.2, -0.15) is 5.26 Å². The van der Waals surface area contributed by atoms with Gasteiger partial charge in [-0.25, -0.2) is 0 Å². The minimum absolute atomic E-state index is 0.671. The van der Waals surface area contributed by atoms with Crippen LogP contribution in [0.2, 0.25) is 0 Å². The van der Waals surface area contributed by atoms with Gasteiger partial charge in [-0.05, 0) is 44.4 Å². The highest BCUT2D eigenvalue weighted by Crippen LogP contribution is 2.33. The van der Waals surface area contributed by atoms with Gasteiger partial charge in [-0.3, -0.25) is 0 Å². The number of hydrogen-bond acceptors (Lipinski definition) is 2. The fourth-order valence-corrected chi connectivity index (χ4v) is 2.00. The Morgan fingerprint density at radius 2 is 2.20 bits per heavy atom. The van der Waals surface area contributed by atoms with Crippen molar-refractivity contribution in [1.82, 2.24) is 0 Å². The summed E-state index contributed by atoms with van der Waals surface area (Å²) < 4.78 is 0. The highest BCUT2D eigenvalue weighted by Gasteiger charge is 2.29. The Hall–Kier alpha value is -1.49. The lowest BCUT2D eigenvalue weighted by Gasteiger charge is -2.24. The average Bonchev–Trinajstić information content (AvgIpc) is 3.05. The third-order valence-corrected chi connectivity index (χ3v) is 2.91. The molecule has 0 spiro atoms. The van der Waals surface area contributed by atoms with E-state index in [1.165, 1.54) is 12.8 Å². The molecule has 2 heteroatoms. The maximum absolute atomic E-state index is 9.11. The lowest BCUT2D eigenvalue weighted by molar-refractivity contribution is 0.824. The Bertz CT molecular complexity index is 399. The van der Waals surface area contributed by atoms with Gasteiger partial charge in [0.15, 0.2) is 0 Å². The first-order valence-electron chi connectivity index (χ1n) is 5.53. The molecule has 1 fully saturated rings. The predicted octanol–water partition coefficient (Wildman–Crippen LogP) is 2.86. The molecule has 0 N–H and O–H groups in total. The van der Waals surface area contributed by atoms with Crippen LogP contribution in [-0.2, 0) is 0 Å². The summed E-state index contributed by atoms with van der Waals surface area (Å²) in [6.07, 6.45) is 2.54. The fourth-order valence-electron chi connectivity index (χ4n) is 2.00. The number of rotatable bonds is 3. The van der Waals surface area contributed by atoms with E-state index in [4.69, 9.17) is 5.26 Å². The zero-order chi connectivity index (χ0) is 10.8. The van der Waals surface area contributed by atoms with Crippen LogP contribution < -0.4 is 4.90 Å². The van der Waals surface area contributed by atoms with E-state index in [9.17, 15) is 0 Å². The largest absolute Gasteiger partial charge is 0.368 e. The van der Waals surface area contributed by atoms with Gasteiger partial charge in [0.05, 0.1) is 11.3 Å². The normalized spacial score (nSPS) is 14.7. The molecule has 1 aromatic rings. The van der Waals surface area contributed by atoms with Crippen LogP contribution in [-0.4, -0.2) is 12.6 Å². The lowest BCUT2D eigenvalue weighted by atomic mass is 10.1. The summed E-state index contributed by atoms with van der Waals surface area (Å²) in [6, 6.07) is 9.10. The Morgan fingerprint density at radius 1 is 1.47 bits per heavy atom. The third-order valence-electron chi connectivity index (χ3n) is 2.91. The molecule has 2 nitrogen and oxygen atoms in total. The molecular weight excluding hydrogens is 184 g/mol. The standard InChI is InChI=1S/C13H16N2/c1-3-15(12-5-6-12)13-7-4-10(2)8-11(13)9-14/h4,7-8,12H,3,5-6H2,1-2H3. The summed E-state index contributed by atoms with van der Waals surface area (Å²) in [5.41, 5.74) is 3.07. The van der Waals surface area contributed by atoms with E-state index in [-0.39, 0.29) is 0 Å². The molecule has 1 aliphatic rings. The van der Waals surface area contributed by atoms with Crippen molar-refractivity contribution in [1.29, 1.82) is 5.26 Å².